The van der Waals surface area contributed by atoms with Crippen molar-refractivity contribution in [3.8, 4) is 0 Å². The summed E-state index contributed by atoms with van der Waals surface area (Å²) in [6, 6.07) is 0. The Hall–Kier alpha value is -1.31. The fourth-order valence-corrected chi connectivity index (χ4v) is 1.52. The molecule has 0 radical (unpaired) electrons. The Morgan fingerprint density at radius 1 is 0.941 bits per heavy atom. The van der Waals surface area contributed by atoms with Crippen LogP contribution in [0.3, 0.4) is 0 Å². The summed E-state index contributed by atoms with van der Waals surface area (Å²) >= 11 is 0. The minimum atomic E-state index is -0.855. The molecule has 2 heteroatoms. The van der Waals surface area contributed by atoms with E-state index in [2.05, 4.69) is 32.9 Å². The standard InChI is InChI=1S/C15H24O2/c1-12(2)7-5-8-13(3)9-6-10-14(4)11-15(16)17/h7,9,11H,5-6,8,10H2,1-4H3,(H,16,17)/b13-9-,14-11-. The van der Waals surface area contributed by atoms with Crippen LogP contribution in [0.2, 0.25) is 0 Å². The number of rotatable bonds is 7. The molecule has 17 heavy (non-hydrogen) atoms. The van der Waals surface area contributed by atoms with E-state index in [0.29, 0.717) is 0 Å². The molecule has 0 amide bonds. The molecule has 0 aromatic heterocycles. The van der Waals surface area contributed by atoms with Gasteiger partial charge in [-0.3, -0.25) is 0 Å². The Bertz CT molecular complexity index is 329. The number of hydrogen-bond acceptors (Lipinski definition) is 1. The molecular weight excluding hydrogens is 212 g/mol. The molecule has 0 rings (SSSR count). The summed E-state index contributed by atoms with van der Waals surface area (Å²) in [4.78, 5) is 10.4. The summed E-state index contributed by atoms with van der Waals surface area (Å²) in [5.41, 5.74) is 3.66. The van der Waals surface area contributed by atoms with Crippen LogP contribution in [-0.4, -0.2) is 11.1 Å². The number of allylic oxidation sites excluding steroid dienone is 5. The van der Waals surface area contributed by atoms with E-state index >= 15 is 0 Å². The highest BCUT2D eigenvalue weighted by Gasteiger charge is 1.94. The van der Waals surface area contributed by atoms with Gasteiger partial charge in [-0.1, -0.05) is 28.9 Å². The first kappa shape index (κ1) is 15.7. The molecule has 0 fully saturated rings. The van der Waals surface area contributed by atoms with Crippen molar-refractivity contribution in [1.29, 1.82) is 0 Å². The fraction of sp³-hybridized carbons (Fsp3) is 0.533. The molecule has 96 valence electrons. The molecule has 0 atom stereocenters. The van der Waals surface area contributed by atoms with Gasteiger partial charge in [0.25, 0.3) is 0 Å². The second-order valence-electron chi connectivity index (χ2n) is 4.74. The van der Waals surface area contributed by atoms with E-state index < -0.39 is 5.97 Å². The normalized spacial score (nSPS) is 12.5. The van der Waals surface area contributed by atoms with Gasteiger partial charge in [-0.05, 0) is 53.4 Å². The van der Waals surface area contributed by atoms with Crippen molar-refractivity contribution >= 4 is 5.97 Å². The molecule has 0 aliphatic heterocycles. The van der Waals surface area contributed by atoms with Crippen LogP contribution in [0.25, 0.3) is 0 Å². The van der Waals surface area contributed by atoms with Gasteiger partial charge in [-0.2, -0.15) is 0 Å². The lowest BCUT2D eigenvalue weighted by atomic mass is 10.1. The summed E-state index contributed by atoms with van der Waals surface area (Å²) in [5, 5.41) is 8.56. The predicted octanol–water partition coefficient (Wildman–Crippen LogP) is 4.49. The van der Waals surface area contributed by atoms with Crippen molar-refractivity contribution in [3.63, 3.8) is 0 Å². The third-order valence-electron chi connectivity index (χ3n) is 2.49. The molecule has 0 aliphatic carbocycles. The van der Waals surface area contributed by atoms with Gasteiger partial charge in [-0.15, -0.1) is 0 Å². The van der Waals surface area contributed by atoms with Crippen LogP contribution in [0, 0.1) is 0 Å². The van der Waals surface area contributed by atoms with Gasteiger partial charge in [0.05, 0.1) is 0 Å². The molecule has 0 unspecified atom stereocenters. The molecule has 1 N–H and O–H groups in total. The van der Waals surface area contributed by atoms with Gasteiger partial charge in [0.1, 0.15) is 0 Å². The molecule has 0 aromatic carbocycles. The first-order chi connectivity index (χ1) is 7.91. The van der Waals surface area contributed by atoms with Crippen molar-refractivity contribution in [2.24, 2.45) is 0 Å². The van der Waals surface area contributed by atoms with Crippen LogP contribution in [0.4, 0.5) is 0 Å². The first-order valence-corrected chi connectivity index (χ1v) is 6.11. The Kier molecular flexibility index (Phi) is 8.12. The highest BCUT2D eigenvalue weighted by molar-refractivity contribution is 5.80. The average Bonchev–Trinajstić information content (AvgIpc) is 2.15. The van der Waals surface area contributed by atoms with Crippen molar-refractivity contribution in [1.82, 2.24) is 0 Å². The predicted molar refractivity (Wildman–Crippen MR) is 73.0 cm³/mol. The van der Waals surface area contributed by atoms with Crippen LogP contribution in [-0.2, 0) is 4.79 Å². The van der Waals surface area contributed by atoms with E-state index in [1.807, 2.05) is 6.92 Å². The zero-order chi connectivity index (χ0) is 13.3. The third kappa shape index (κ3) is 11.0. The SMILES string of the molecule is CC(C)=CCC/C(C)=C\CC/C(C)=C\C(=O)O. The van der Waals surface area contributed by atoms with Crippen molar-refractivity contribution in [2.45, 2.75) is 53.4 Å². The zero-order valence-electron chi connectivity index (χ0n) is 11.4. The van der Waals surface area contributed by atoms with E-state index in [0.717, 1.165) is 31.3 Å². The molecule has 0 saturated heterocycles. The lowest BCUT2D eigenvalue weighted by Gasteiger charge is -2.00. The number of carboxylic acid groups (broad SMARTS) is 1. The van der Waals surface area contributed by atoms with Crippen LogP contribution >= 0.6 is 0 Å². The van der Waals surface area contributed by atoms with Gasteiger partial charge < -0.3 is 5.11 Å². The van der Waals surface area contributed by atoms with Gasteiger partial charge >= 0.3 is 5.97 Å². The maximum atomic E-state index is 10.4. The van der Waals surface area contributed by atoms with Gasteiger partial charge in [-0.25, -0.2) is 4.79 Å². The summed E-state index contributed by atoms with van der Waals surface area (Å²) in [5.74, 6) is -0.855. The van der Waals surface area contributed by atoms with E-state index in [1.165, 1.54) is 17.2 Å². The van der Waals surface area contributed by atoms with Crippen LogP contribution in [0.5, 0.6) is 0 Å². The van der Waals surface area contributed by atoms with E-state index in [1.54, 1.807) is 0 Å². The molecule has 0 aromatic rings. The molecular formula is C15H24O2. The van der Waals surface area contributed by atoms with Gasteiger partial charge in [0.2, 0.25) is 0 Å². The Balaban J connectivity index is 3.92. The highest BCUT2D eigenvalue weighted by Crippen LogP contribution is 2.11. The van der Waals surface area contributed by atoms with Crippen molar-refractivity contribution in [3.05, 3.63) is 34.9 Å². The van der Waals surface area contributed by atoms with E-state index in [4.69, 9.17) is 5.11 Å². The van der Waals surface area contributed by atoms with Crippen LogP contribution < -0.4 is 0 Å². The third-order valence-corrected chi connectivity index (χ3v) is 2.49. The minimum absolute atomic E-state index is 0.826. The topological polar surface area (TPSA) is 37.3 Å². The maximum Gasteiger partial charge on any atom is 0.328 e. The smallest absolute Gasteiger partial charge is 0.328 e. The second kappa shape index (κ2) is 8.80. The quantitative estimate of drug-likeness (QED) is 0.522. The Morgan fingerprint density at radius 2 is 1.47 bits per heavy atom. The fourth-order valence-electron chi connectivity index (χ4n) is 1.52. The molecule has 0 bridgehead atoms. The number of carbonyl (C=O) groups is 1. The largest absolute Gasteiger partial charge is 0.478 e. The minimum Gasteiger partial charge on any atom is -0.478 e. The van der Waals surface area contributed by atoms with Gasteiger partial charge in [0, 0.05) is 6.08 Å². The van der Waals surface area contributed by atoms with E-state index in [-0.39, 0.29) is 0 Å². The molecule has 2 nitrogen and oxygen atoms in total. The summed E-state index contributed by atoms with van der Waals surface area (Å²) in [7, 11) is 0. The van der Waals surface area contributed by atoms with E-state index in [9.17, 15) is 4.79 Å². The van der Waals surface area contributed by atoms with Crippen LogP contribution in [0.15, 0.2) is 34.9 Å². The summed E-state index contributed by atoms with van der Waals surface area (Å²) in [6.07, 6.45) is 9.67. The molecule has 0 saturated carbocycles. The van der Waals surface area contributed by atoms with Crippen LogP contribution in [0.1, 0.15) is 53.4 Å². The average molecular weight is 236 g/mol. The maximum absolute atomic E-state index is 10.4. The number of aliphatic carboxylic acids is 1. The highest BCUT2D eigenvalue weighted by atomic mass is 16.4. The van der Waals surface area contributed by atoms with Crippen molar-refractivity contribution < 1.29 is 9.90 Å². The van der Waals surface area contributed by atoms with Gasteiger partial charge in [0.15, 0.2) is 0 Å². The molecule has 0 aliphatic rings. The summed E-state index contributed by atoms with van der Waals surface area (Å²) < 4.78 is 0. The Labute approximate surface area is 105 Å². The molecule has 0 heterocycles. The lowest BCUT2D eigenvalue weighted by molar-refractivity contribution is -0.131. The number of carboxylic acids is 1. The van der Waals surface area contributed by atoms with Crippen molar-refractivity contribution in [2.75, 3.05) is 0 Å². The Morgan fingerprint density at radius 3 is 2.00 bits per heavy atom. The first-order valence-electron chi connectivity index (χ1n) is 6.11. The number of hydrogen-bond donors (Lipinski definition) is 1. The zero-order valence-corrected chi connectivity index (χ0v) is 11.4. The lowest BCUT2D eigenvalue weighted by Crippen LogP contribution is -1.89. The second-order valence-corrected chi connectivity index (χ2v) is 4.74. The summed E-state index contributed by atoms with van der Waals surface area (Å²) in [6.45, 7) is 8.22. The molecule has 0 spiro atoms. The monoisotopic (exact) mass is 236 g/mol.